The first kappa shape index (κ1) is 20.3. The van der Waals surface area contributed by atoms with Gasteiger partial charge in [-0.3, -0.25) is 9.59 Å². The van der Waals surface area contributed by atoms with Crippen molar-refractivity contribution in [3.63, 3.8) is 0 Å². The summed E-state index contributed by atoms with van der Waals surface area (Å²) in [6.45, 7) is 5.53. The number of benzene rings is 2. The van der Waals surface area contributed by atoms with E-state index >= 15 is 0 Å². The molecule has 0 spiro atoms. The van der Waals surface area contributed by atoms with Crippen molar-refractivity contribution in [2.75, 3.05) is 6.61 Å². The van der Waals surface area contributed by atoms with Crippen LogP contribution in [0.1, 0.15) is 40.4 Å². The standard InChI is InChI=1S/C23H22O6/c1-14-10-20-18(12-23(26)29-21(20)11-15(14)2)13-28-22(25)8-9-27-19-6-4-17(5-7-19)16(3)24/h4-7,10-12H,8-9,13H2,1-3H3. The van der Waals surface area contributed by atoms with Crippen LogP contribution in [0.2, 0.25) is 0 Å². The SMILES string of the molecule is CC(=O)c1ccc(OCCC(=O)OCc2cc(=O)oc3cc(C)c(C)cc23)cc1. The van der Waals surface area contributed by atoms with Gasteiger partial charge in [0.2, 0.25) is 0 Å². The lowest BCUT2D eigenvalue weighted by atomic mass is 10.0. The van der Waals surface area contributed by atoms with Gasteiger partial charge < -0.3 is 13.9 Å². The molecular formula is C23H22O6. The summed E-state index contributed by atoms with van der Waals surface area (Å²) in [7, 11) is 0. The third-order valence-corrected chi connectivity index (χ3v) is 4.67. The minimum Gasteiger partial charge on any atom is -0.493 e. The van der Waals surface area contributed by atoms with Gasteiger partial charge in [-0.15, -0.1) is 0 Å². The molecule has 0 N–H and O–H groups in total. The van der Waals surface area contributed by atoms with Gasteiger partial charge in [-0.1, -0.05) is 0 Å². The molecule has 3 rings (SSSR count). The van der Waals surface area contributed by atoms with E-state index in [0.29, 0.717) is 22.5 Å². The van der Waals surface area contributed by atoms with Crippen LogP contribution in [-0.2, 0) is 16.1 Å². The van der Waals surface area contributed by atoms with Crippen LogP contribution in [0.5, 0.6) is 5.75 Å². The van der Waals surface area contributed by atoms with E-state index in [4.69, 9.17) is 13.9 Å². The van der Waals surface area contributed by atoms with Crippen molar-refractivity contribution in [2.45, 2.75) is 33.8 Å². The summed E-state index contributed by atoms with van der Waals surface area (Å²) in [4.78, 5) is 35.1. The Kier molecular flexibility index (Phi) is 6.12. The lowest BCUT2D eigenvalue weighted by Gasteiger charge is -2.10. The highest BCUT2D eigenvalue weighted by atomic mass is 16.5. The molecule has 6 heteroatoms. The summed E-state index contributed by atoms with van der Waals surface area (Å²) in [5.41, 5.74) is 3.27. The molecule has 0 unspecified atom stereocenters. The molecular weight excluding hydrogens is 372 g/mol. The number of hydrogen-bond acceptors (Lipinski definition) is 6. The summed E-state index contributed by atoms with van der Waals surface area (Å²) in [6, 6.07) is 11.8. The molecule has 0 bridgehead atoms. The second-order valence-electron chi connectivity index (χ2n) is 6.86. The molecule has 0 saturated heterocycles. The first-order valence-corrected chi connectivity index (χ1v) is 9.27. The fourth-order valence-corrected chi connectivity index (χ4v) is 2.87. The monoisotopic (exact) mass is 394 g/mol. The van der Waals surface area contributed by atoms with E-state index in [0.717, 1.165) is 16.5 Å². The number of rotatable bonds is 7. The number of Topliss-reactive ketones (excluding diaryl/α,β-unsaturated/α-hetero) is 1. The van der Waals surface area contributed by atoms with Gasteiger partial charge in [-0.05, 0) is 68.3 Å². The predicted octanol–water partition coefficient (Wildman–Crippen LogP) is 4.12. The van der Waals surface area contributed by atoms with Crippen LogP contribution in [0.3, 0.4) is 0 Å². The third kappa shape index (κ3) is 5.10. The Balaban J connectivity index is 1.57. The van der Waals surface area contributed by atoms with Gasteiger partial charge in [0.1, 0.15) is 17.9 Å². The molecule has 6 nitrogen and oxygen atoms in total. The molecule has 1 aromatic heterocycles. The van der Waals surface area contributed by atoms with Crippen LogP contribution >= 0.6 is 0 Å². The Hall–Kier alpha value is -3.41. The van der Waals surface area contributed by atoms with Gasteiger partial charge in [0.05, 0.1) is 13.0 Å². The van der Waals surface area contributed by atoms with Gasteiger partial charge in [-0.2, -0.15) is 0 Å². The van der Waals surface area contributed by atoms with Crippen molar-refractivity contribution < 1.29 is 23.5 Å². The Bertz CT molecular complexity index is 1110. The fraction of sp³-hybridized carbons (Fsp3) is 0.261. The van der Waals surface area contributed by atoms with E-state index in [9.17, 15) is 14.4 Å². The van der Waals surface area contributed by atoms with Crippen LogP contribution in [0.4, 0.5) is 0 Å². The maximum atomic E-state index is 12.0. The summed E-state index contributed by atoms with van der Waals surface area (Å²) in [5.74, 6) is 0.115. The first-order chi connectivity index (χ1) is 13.8. The predicted molar refractivity (Wildman–Crippen MR) is 108 cm³/mol. The van der Waals surface area contributed by atoms with Crippen molar-refractivity contribution >= 4 is 22.7 Å². The zero-order valence-electron chi connectivity index (χ0n) is 16.6. The number of hydrogen-bond donors (Lipinski definition) is 0. The summed E-state index contributed by atoms with van der Waals surface area (Å²) >= 11 is 0. The van der Waals surface area contributed by atoms with Gasteiger partial charge in [0.25, 0.3) is 0 Å². The molecule has 0 amide bonds. The van der Waals surface area contributed by atoms with Gasteiger partial charge in [0, 0.05) is 22.6 Å². The molecule has 2 aromatic carbocycles. The minimum atomic E-state index is -0.482. The third-order valence-electron chi connectivity index (χ3n) is 4.67. The minimum absolute atomic E-state index is 0.0171. The number of esters is 1. The number of carbonyl (C=O) groups excluding carboxylic acids is 2. The van der Waals surface area contributed by atoms with E-state index in [-0.39, 0.29) is 25.4 Å². The van der Waals surface area contributed by atoms with Crippen molar-refractivity contribution in [1.82, 2.24) is 0 Å². The zero-order chi connectivity index (χ0) is 21.0. The van der Waals surface area contributed by atoms with Crippen LogP contribution in [0, 0.1) is 13.8 Å². The van der Waals surface area contributed by atoms with E-state index in [1.54, 1.807) is 24.3 Å². The van der Waals surface area contributed by atoms with Crippen LogP contribution in [0.15, 0.2) is 51.7 Å². The van der Waals surface area contributed by atoms with Crippen LogP contribution in [-0.4, -0.2) is 18.4 Å². The number of ketones is 1. The largest absolute Gasteiger partial charge is 0.493 e. The van der Waals surface area contributed by atoms with Crippen molar-refractivity contribution in [2.24, 2.45) is 0 Å². The number of aryl methyl sites for hydroxylation is 2. The Morgan fingerprint density at radius 3 is 2.38 bits per heavy atom. The van der Waals surface area contributed by atoms with Crippen LogP contribution < -0.4 is 10.4 Å². The molecule has 3 aromatic rings. The van der Waals surface area contributed by atoms with E-state index < -0.39 is 11.6 Å². The average molecular weight is 394 g/mol. The van der Waals surface area contributed by atoms with E-state index in [1.807, 2.05) is 26.0 Å². The van der Waals surface area contributed by atoms with Crippen LogP contribution in [0.25, 0.3) is 11.0 Å². The maximum absolute atomic E-state index is 12.0. The van der Waals surface area contributed by atoms with Gasteiger partial charge in [-0.25, -0.2) is 4.79 Å². The van der Waals surface area contributed by atoms with E-state index in [2.05, 4.69) is 0 Å². The summed E-state index contributed by atoms with van der Waals surface area (Å²) in [5, 5.41) is 0.752. The zero-order valence-corrected chi connectivity index (χ0v) is 16.6. The average Bonchev–Trinajstić information content (AvgIpc) is 2.68. The molecule has 1 heterocycles. The molecule has 0 aliphatic carbocycles. The molecule has 150 valence electrons. The molecule has 0 fully saturated rings. The Morgan fingerprint density at radius 1 is 1.00 bits per heavy atom. The highest BCUT2D eigenvalue weighted by Gasteiger charge is 2.11. The highest BCUT2D eigenvalue weighted by molar-refractivity contribution is 5.94. The molecule has 0 atom stereocenters. The van der Waals surface area contributed by atoms with Crippen molar-refractivity contribution in [3.05, 3.63) is 75.1 Å². The molecule has 29 heavy (non-hydrogen) atoms. The van der Waals surface area contributed by atoms with Crippen molar-refractivity contribution in [1.29, 1.82) is 0 Å². The Labute approximate surface area is 168 Å². The summed E-state index contributed by atoms with van der Waals surface area (Å²) < 4.78 is 16.1. The highest BCUT2D eigenvalue weighted by Crippen LogP contribution is 2.22. The molecule has 0 radical (unpaired) electrons. The topological polar surface area (TPSA) is 82.8 Å². The molecule has 0 aliphatic rings. The smallest absolute Gasteiger partial charge is 0.336 e. The molecule has 0 saturated carbocycles. The normalized spacial score (nSPS) is 10.7. The molecule has 0 aliphatic heterocycles. The number of carbonyl (C=O) groups is 2. The van der Waals surface area contributed by atoms with Gasteiger partial charge >= 0.3 is 11.6 Å². The van der Waals surface area contributed by atoms with Gasteiger partial charge in [0.15, 0.2) is 5.78 Å². The number of ether oxygens (including phenoxy) is 2. The second kappa shape index (κ2) is 8.73. The Morgan fingerprint density at radius 2 is 1.69 bits per heavy atom. The van der Waals surface area contributed by atoms with E-state index in [1.165, 1.54) is 13.0 Å². The number of fused-ring (bicyclic) bond motifs is 1. The quantitative estimate of drug-likeness (QED) is 0.340. The second-order valence-corrected chi connectivity index (χ2v) is 6.86. The maximum Gasteiger partial charge on any atom is 0.336 e. The summed E-state index contributed by atoms with van der Waals surface area (Å²) in [6.07, 6.45) is 0.0615. The lowest BCUT2D eigenvalue weighted by Crippen LogP contribution is -2.11. The fourth-order valence-electron chi connectivity index (χ4n) is 2.87. The van der Waals surface area contributed by atoms with Crippen molar-refractivity contribution in [3.8, 4) is 5.75 Å². The lowest BCUT2D eigenvalue weighted by molar-refractivity contribution is -0.145. The first-order valence-electron chi connectivity index (χ1n) is 9.27.